The Hall–Kier alpha value is -2.57. The lowest BCUT2D eigenvalue weighted by molar-refractivity contribution is -0.151. The lowest BCUT2D eigenvalue weighted by Crippen LogP contribution is -2.56. The van der Waals surface area contributed by atoms with Gasteiger partial charge in [0.05, 0.1) is 0 Å². The number of aromatic nitrogens is 1. The molecule has 2 aliphatic carbocycles. The van der Waals surface area contributed by atoms with Gasteiger partial charge >= 0.3 is 0 Å². The number of para-hydroxylation sites is 2. The van der Waals surface area contributed by atoms with Crippen molar-refractivity contribution in [2.45, 2.75) is 64.3 Å². The zero-order valence-electron chi connectivity index (χ0n) is 19.6. The van der Waals surface area contributed by atoms with Crippen LogP contribution in [0.3, 0.4) is 0 Å². The fourth-order valence-electron chi connectivity index (χ4n) is 6.25. The second-order valence-corrected chi connectivity index (χ2v) is 11.1. The van der Waals surface area contributed by atoms with E-state index in [1.165, 1.54) is 6.42 Å². The maximum atomic E-state index is 13.7. The number of likely N-dealkylation sites (tertiary alicyclic amines) is 1. The molecule has 1 atom stereocenters. The minimum atomic E-state index is -0.289. The van der Waals surface area contributed by atoms with E-state index < -0.39 is 0 Å². The quantitative estimate of drug-likeness (QED) is 0.711. The number of benzene rings is 1. The number of carbonyl (C=O) groups excluding carboxylic acids is 2. The fraction of sp³-hybridized carbons (Fsp3) is 0.654. The molecule has 2 amide bonds. The Bertz CT molecular complexity index is 1030. The van der Waals surface area contributed by atoms with Crippen molar-refractivity contribution in [1.82, 2.24) is 14.8 Å². The number of fused-ring (bicyclic) bond motifs is 1. The zero-order chi connectivity index (χ0) is 22.6. The first kappa shape index (κ1) is 21.0. The number of nitrogens with zero attached hydrogens (tertiary/aromatic N) is 4. The SMILES string of the molecule is CC1(C(=O)N2CC3(CC3)C[C@H]2C(=O)N2CCN(c3nc4ccccc4o3)CC2)CCCCC1. The summed E-state index contributed by atoms with van der Waals surface area (Å²) in [4.78, 5) is 38.0. The Morgan fingerprint density at radius 3 is 2.42 bits per heavy atom. The normalized spacial score (nSPS) is 26.2. The van der Waals surface area contributed by atoms with Crippen molar-refractivity contribution in [3.8, 4) is 0 Å². The minimum absolute atomic E-state index is 0.142. The molecule has 7 heteroatoms. The number of hydrogen-bond donors (Lipinski definition) is 0. The molecule has 2 aliphatic heterocycles. The van der Waals surface area contributed by atoms with Gasteiger partial charge in [0.25, 0.3) is 6.01 Å². The van der Waals surface area contributed by atoms with Crippen molar-refractivity contribution in [3.05, 3.63) is 24.3 Å². The van der Waals surface area contributed by atoms with Crippen LogP contribution in [0.1, 0.15) is 58.3 Å². The minimum Gasteiger partial charge on any atom is -0.423 e. The molecule has 4 aliphatic rings. The molecule has 33 heavy (non-hydrogen) atoms. The number of rotatable bonds is 3. The summed E-state index contributed by atoms with van der Waals surface area (Å²) < 4.78 is 5.92. The Morgan fingerprint density at radius 2 is 1.73 bits per heavy atom. The van der Waals surface area contributed by atoms with Gasteiger partial charge in [0.1, 0.15) is 11.6 Å². The lowest BCUT2D eigenvalue weighted by Gasteiger charge is -2.40. The summed E-state index contributed by atoms with van der Waals surface area (Å²) in [5, 5.41) is 0. The van der Waals surface area contributed by atoms with Gasteiger partial charge in [0, 0.05) is 38.1 Å². The van der Waals surface area contributed by atoms with Gasteiger partial charge in [-0.25, -0.2) is 0 Å². The molecule has 1 aromatic carbocycles. The summed E-state index contributed by atoms with van der Waals surface area (Å²) >= 11 is 0. The van der Waals surface area contributed by atoms with Crippen LogP contribution < -0.4 is 4.90 Å². The maximum Gasteiger partial charge on any atom is 0.298 e. The highest BCUT2D eigenvalue weighted by atomic mass is 16.4. The Balaban J connectivity index is 1.14. The largest absolute Gasteiger partial charge is 0.423 e. The molecular formula is C26H34N4O3. The summed E-state index contributed by atoms with van der Waals surface area (Å²) in [7, 11) is 0. The highest BCUT2D eigenvalue weighted by molar-refractivity contribution is 5.91. The van der Waals surface area contributed by atoms with Crippen LogP contribution >= 0.6 is 0 Å². The summed E-state index contributed by atoms with van der Waals surface area (Å²) in [6, 6.07) is 8.13. The molecule has 7 nitrogen and oxygen atoms in total. The molecule has 0 unspecified atom stereocenters. The molecule has 2 saturated carbocycles. The molecule has 3 heterocycles. The third-order valence-corrected chi connectivity index (χ3v) is 8.63. The molecule has 6 rings (SSSR count). The number of carbonyl (C=O) groups is 2. The number of piperazine rings is 1. The van der Waals surface area contributed by atoms with Crippen molar-refractivity contribution in [2.24, 2.45) is 10.8 Å². The van der Waals surface area contributed by atoms with Gasteiger partial charge in [-0.15, -0.1) is 0 Å². The van der Waals surface area contributed by atoms with Gasteiger partial charge < -0.3 is 19.1 Å². The molecule has 2 saturated heterocycles. The van der Waals surface area contributed by atoms with Crippen LogP contribution in [0.25, 0.3) is 11.1 Å². The zero-order valence-corrected chi connectivity index (χ0v) is 19.6. The monoisotopic (exact) mass is 450 g/mol. The predicted molar refractivity (Wildman–Crippen MR) is 126 cm³/mol. The van der Waals surface area contributed by atoms with Crippen LogP contribution in [-0.2, 0) is 9.59 Å². The highest BCUT2D eigenvalue weighted by Crippen LogP contribution is 2.56. The fourth-order valence-corrected chi connectivity index (χ4v) is 6.25. The van der Waals surface area contributed by atoms with Crippen LogP contribution in [0.5, 0.6) is 0 Å². The second-order valence-electron chi connectivity index (χ2n) is 11.1. The number of oxazole rings is 1. The molecule has 0 bridgehead atoms. The number of anilines is 1. The van der Waals surface area contributed by atoms with E-state index in [4.69, 9.17) is 4.42 Å². The van der Waals surface area contributed by atoms with Gasteiger partial charge in [0.2, 0.25) is 11.8 Å². The first-order valence-electron chi connectivity index (χ1n) is 12.7. The van der Waals surface area contributed by atoms with Gasteiger partial charge in [-0.05, 0) is 49.7 Å². The standard InChI is InChI=1S/C26H34N4O3/c1-25(9-5-2-6-10-25)23(32)30-18-26(11-12-26)17-20(30)22(31)28-13-15-29(16-14-28)24-27-19-7-3-4-8-21(19)33-24/h3-4,7-8,20H,2,5-6,9-18H2,1H3/t20-/m0/s1. The molecule has 2 aromatic rings. The molecule has 0 N–H and O–H groups in total. The Morgan fingerprint density at radius 1 is 1.00 bits per heavy atom. The third kappa shape index (κ3) is 3.69. The predicted octanol–water partition coefficient (Wildman–Crippen LogP) is 3.83. The first-order valence-corrected chi connectivity index (χ1v) is 12.7. The average molecular weight is 451 g/mol. The van der Waals surface area contributed by atoms with Crippen LogP contribution in [-0.4, -0.2) is 65.4 Å². The summed E-state index contributed by atoms with van der Waals surface area (Å²) in [6.45, 7) is 5.58. The van der Waals surface area contributed by atoms with Crippen LogP contribution in [0, 0.1) is 10.8 Å². The lowest BCUT2D eigenvalue weighted by atomic mass is 9.74. The van der Waals surface area contributed by atoms with Crippen LogP contribution in [0.15, 0.2) is 28.7 Å². The van der Waals surface area contributed by atoms with Gasteiger partial charge in [-0.1, -0.05) is 38.3 Å². The topological polar surface area (TPSA) is 69.9 Å². The summed E-state index contributed by atoms with van der Waals surface area (Å²) in [6.07, 6.45) is 8.54. The molecular weight excluding hydrogens is 416 g/mol. The Kier molecular flexibility index (Phi) is 4.93. The maximum absolute atomic E-state index is 13.7. The molecule has 176 valence electrons. The molecule has 1 aromatic heterocycles. The van der Waals surface area contributed by atoms with Crippen molar-refractivity contribution in [1.29, 1.82) is 0 Å². The van der Waals surface area contributed by atoms with Gasteiger partial charge in [0.15, 0.2) is 5.58 Å². The molecule has 4 fully saturated rings. The second kappa shape index (κ2) is 7.74. The van der Waals surface area contributed by atoms with Crippen molar-refractivity contribution >= 4 is 28.9 Å². The van der Waals surface area contributed by atoms with E-state index in [0.29, 0.717) is 32.2 Å². The smallest absolute Gasteiger partial charge is 0.298 e. The summed E-state index contributed by atoms with van der Waals surface area (Å²) in [5.41, 5.74) is 1.57. The number of amides is 2. The van der Waals surface area contributed by atoms with E-state index in [-0.39, 0.29) is 28.7 Å². The Labute approximate surface area is 195 Å². The van der Waals surface area contributed by atoms with E-state index in [9.17, 15) is 9.59 Å². The average Bonchev–Trinajstić information content (AvgIpc) is 3.28. The van der Waals surface area contributed by atoms with Gasteiger partial charge in [-0.3, -0.25) is 9.59 Å². The van der Waals surface area contributed by atoms with Crippen LogP contribution in [0.2, 0.25) is 0 Å². The van der Waals surface area contributed by atoms with Gasteiger partial charge in [-0.2, -0.15) is 4.98 Å². The van der Waals surface area contributed by atoms with E-state index in [2.05, 4.69) is 16.8 Å². The van der Waals surface area contributed by atoms with Crippen LogP contribution in [0.4, 0.5) is 6.01 Å². The van der Waals surface area contributed by atoms with Crippen molar-refractivity contribution < 1.29 is 14.0 Å². The number of hydrogen-bond acceptors (Lipinski definition) is 5. The molecule has 1 spiro atoms. The third-order valence-electron chi connectivity index (χ3n) is 8.63. The summed E-state index contributed by atoms with van der Waals surface area (Å²) in [5.74, 6) is 0.373. The first-order chi connectivity index (χ1) is 16.0. The van der Waals surface area contributed by atoms with E-state index in [1.54, 1.807) is 0 Å². The van der Waals surface area contributed by atoms with E-state index >= 15 is 0 Å². The van der Waals surface area contributed by atoms with Crippen molar-refractivity contribution in [3.63, 3.8) is 0 Å². The van der Waals surface area contributed by atoms with E-state index in [1.807, 2.05) is 34.1 Å². The molecule has 0 radical (unpaired) electrons. The van der Waals surface area contributed by atoms with Crippen molar-refractivity contribution in [2.75, 3.05) is 37.6 Å². The van der Waals surface area contributed by atoms with E-state index in [0.717, 1.165) is 62.6 Å². The highest BCUT2D eigenvalue weighted by Gasteiger charge is 2.57.